The standard InChI is InChI=1S/C19H25N3O6S/c1-13-19(14(2)28-20-13)29(24,25)22-9-7-21(8-10-22)18(23)11-15-5-6-16(26-3)12-17(15)27-4/h5-6,12H,7-11H2,1-4H3. The van der Waals surface area contributed by atoms with Crippen LogP contribution in [0.4, 0.5) is 0 Å². The molecule has 1 aromatic heterocycles. The fourth-order valence-electron chi connectivity index (χ4n) is 3.42. The summed E-state index contributed by atoms with van der Waals surface area (Å²) in [6.07, 6.45) is 0.170. The van der Waals surface area contributed by atoms with Crippen molar-refractivity contribution in [3.05, 3.63) is 35.2 Å². The van der Waals surface area contributed by atoms with E-state index in [4.69, 9.17) is 14.0 Å². The van der Waals surface area contributed by atoms with E-state index in [0.29, 0.717) is 30.3 Å². The lowest BCUT2D eigenvalue weighted by Crippen LogP contribution is -2.51. The highest BCUT2D eigenvalue weighted by Gasteiger charge is 2.34. The maximum Gasteiger partial charge on any atom is 0.248 e. The summed E-state index contributed by atoms with van der Waals surface area (Å²) in [4.78, 5) is 14.5. The molecule has 3 rings (SSSR count). The minimum absolute atomic E-state index is 0.0807. The van der Waals surface area contributed by atoms with E-state index in [0.717, 1.165) is 5.56 Å². The molecule has 2 aromatic rings. The highest BCUT2D eigenvalue weighted by molar-refractivity contribution is 7.89. The molecule has 0 aliphatic carbocycles. The van der Waals surface area contributed by atoms with Crippen molar-refractivity contribution in [1.29, 1.82) is 0 Å². The summed E-state index contributed by atoms with van der Waals surface area (Å²) in [7, 11) is -0.593. The summed E-state index contributed by atoms with van der Waals surface area (Å²) in [5.74, 6) is 1.42. The molecule has 1 saturated heterocycles. The number of rotatable bonds is 6. The Labute approximate surface area is 170 Å². The Bertz CT molecular complexity index is 974. The molecule has 1 aliphatic heterocycles. The third-order valence-electron chi connectivity index (χ3n) is 4.99. The van der Waals surface area contributed by atoms with Crippen LogP contribution in [-0.2, 0) is 21.2 Å². The number of piperazine rings is 1. The third kappa shape index (κ3) is 4.23. The quantitative estimate of drug-likeness (QED) is 0.692. The monoisotopic (exact) mass is 423 g/mol. The molecular formula is C19H25N3O6S. The molecule has 0 bridgehead atoms. The molecule has 0 atom stereocenters. The first-order chi connectivity index (χ1) is 13.8. The smallest absolute Gasteiger partial charge is 0.248 e. The van der Waals surface area contributed by atoms with Gasteiger partial charge in [-0.25, -0.2) is 8.42 Å². The number of nitrogens with zero attached hydrogens (tertiary/aromatic N) is 3. The molecular weight excluding hydrogens is 398 g/mol. The van der Waals surface area contributed by atoms with Crippen LogP contribution in [-0.4, -0.2) is 69.1 Å². The van der Waals surface area contributed by atoms with Crippen molar-refractivity contribution in [2.24, 2.45) is 0 Å². The van der Waals surface area contributed by atoms with Gasteiger partial charge in [-0.2, -0.15) is 4.31 Å². The fraction of sp³-hybridized carbons (Fsp3) is 0.474. The van der Waals surface area contributed by atoms with E-state index in [9.17, 15) is 13.2 Å². The van der Waals surface area contributed by atoms with Crippen molar-refractivity contribution in [3.8, 4) is 11.5 Å². The van der Waals surface area contributed by atoms with Crippen molar-refractivity contribution in [3.63, 3.8) is 0 Å². The second-order valence-corrected chi connectivity index (χ2v) is 8.67. The molecule has 1 fully saturated rings. The molecule has 2 heterocycles. The number of benzene rings is 1. The van der Waals surface area contributed by atoms with Crippen molar-refractivity contribution < 1.29 is 27.2 Å². The molecule has 29 heavy (non-hydrogen) atoms. The van der Waals surface area contributed by atoms with Gasteiger partial charge in [-0.3, -0.25) is 4.79 Å². The van der Waals surface area contributed by atoms with Crippen LogP contribution in [0.25, 0.3) is 0 Å². The first-order valence-electron chi connectivity index (χ1n) is 9.19. The van der Waals surface area contributed by atoms with Crippen molar-refractivity contribution >= 4 is 15.9 Å². The average molecular weight is 423 g/mol. The molecule has 0 spiro atoms. The number of carbonyl (C=O) groups is 1. The van der Waals surface area contributed by atoms with E-state index in [-0.39, 0.29) is 36.1 Å². The van der Waals surface area contributed by atoms with Gasteiger partial charge in [-0.1, -0.05) is 11.2 Å². The van der Waals surface area contributed by atoms with E-state index in [1.165, 1.54) is 4.31 Å². The van der Waals surface area contributed by atoms with Gasteiger partial charge in [-0.05, 0) is 19.9 Å². The Morgan fingerprint density at radius 2 is 1.83 bits per heavy atom. The van der Waals surface area contributed by atoms with Crippen molar-refractivity contribution in [2.45, 2.75) is 25.2 Å². The van der Waals surface area contributed by atoms with E-state index >= 15 is 0 Å². The van der Waals surface area contributed by atoms with Crippen molar-refractivity contribution in [1.82, 2.24) is 14.4 Å². The zero-order valence-electron chi connectivity index (χ0n) is 17.0. The van der Waals surface area contributed by atoms with Crippen LogP contribution in [0.1, 0.15) is 17.0 Å². The predicted molar refractivity (Wildman–Crippen MR) is 105 cm³/mol. The largest absolute Gasteiger partial charge is 0.497 e. The average Bonchev–Trinajstić information content (AvgIpc) is 3.07. The molecule has 0 unspecified atom stereocenters. The van der Waals surface area contributed by atoms with E-state index < -0.39 is 10.0 Å². The highest BCUT2D eigenvalue weighted by Crippen LogP contribution is 2.27. The summed E-state index contributed by atoms with van der Waals surface area (Å²) >= 11 is 0. The number of sulfonamides is 1. The maximum atomic E-state index is 12.9. The topological polar surface area (TPSA) is 102 Å². The number of methoxy groups -OCH3 is 2. The Morgan fingerprint density at radius 3 is 2.38 bits per heavy atom. The highest BCUT2D eigenvalue weighted by atomic mass is 32.2. The molecule has 10 heteroatoms. The number of aryl methyl sites for hydroxylation is 2. The zero-order chi connectivity index (χ0) is 21.2. The molecule has 9 nitrogen and oxygen atoms in total. The molecule has 0 N–H and O–H groups in total. The van der Waals surface area contributed by atoms with Crippen LogP contribution in [0.3, 0.4) is 0 Å². The summed E-state index contributed by atoms with van der Waals surface area (Å²) in [6.45, 7) is 4.26. The van der Waals surface area contributed by atoms with Crippen LogP contribution < -0.4 is 9.47 Å². The number of ether oxygens (including phenoxy) is 2. The van der Waals surface area contributed by atoms with Gasteiger partial charge in [0.05, 0.1) is 20.6 Å². The number of aromatic nitrogens is 1. The van der Waals surface area contributed by atoms with Gasteiger partial charge < -0.3 is 18.9 Å². The van der Waals surface area contributed by atoms with Gasteiger partial charge in [0.2, 0.25) is 15.9 Å². The minimum Gasteiger partial charge on any atom is -0.497 e. The summed E-state index contributed by atoms with van der Waals surface area (Å²) in [5.41, 5.74) is 1.09. The summed E-state index contributed by atoms with van der Waals surface area (Å²) in [5, 5.41) is 3.73. The number of carbonyl (C=O) groups excluding carboxylic acids is 1. The Morgan fingerprint density at radius 1 is 1.14 bits per heavy atom. The number of hydrogen-bond donors (Lipinski definition) is 0. The Kier molecular flexibility index (Phi) is 6.13. The van der Waals surface area contributed by atoms with Crippen LogP contribution in [0, 0.1) is 13.8 Å². The lowest BCUT2D eigenvalue weighted by molar-refractivity contribution is -0.131. The van der Waals surface area contributed by atoms with Gasteiger partial charge in [-0.15, -0.1) is 0 Å². The Hall–Kier alpha value is -2.59. The van der Waals surface area contributed by atoms with Gasteiger partial charge in [0, 0.05) is 37.8 Å². The first-order valence-corrected chi connectivity index (χ1v) is 10.6. The number of hydrogen-bond acceptors (Lipinski definition) is 7. The zero-order valence-corrected chi connectivity index (χ0v) is 17.8. The van der Waals surface area contributed by atoms with Crippen LogP contribution in [0.2, 0.25) is 0 Å². The Balaban J connectivity index is 1.66. The van der Waals surface area contributed by atoms with Crippen molar-refractivity contribution in [2.75, 3.05) is 40.4 Å². The second-order valence-electron chi connectivity index (χ2n) is 6.79. The summed E-state index contributed by atoms with van der Waals surface area (Å²) in [6, 6.07) is 5.31. The minimum atomic E-state index is -3.70. The normalized spacial score (nSPS) is 15.4. The molecule has 1 aliphatic rings. The van der Waals surface area contributed by atoms with E-state index in [2.05, 4.69) is 5.16 Å². The molecule has 158 valence electrons. The predicted octanol–water partition coefficient (Wildman–Crippen LogP) is 1.38. The lowest BCUT2D eigenvalue weighted by Gasteiger charge is -2.34. The lowest BCUT2D eigenvalue weighted by atomic mass is 10.1. The molecule has 0 saturated carbocycles. The molecule has 0 radical (unpaired) electrons. The van der Waals surface area contributed by atoms with Gasteiger partial charge >= 0.3 is 0 Å². The van der Waals surface area contributed by atoms with E-state index in [1.54, 1.807) is 51.2 Å². The fourth-order valence-corrected chi connectivity index (χ4v) is 5.14. The van der Waals surface area contributed by atoms with Crippen LogP contribution >= 0.6 is 0 Å². The van der Waals surface area contributed by atoms with E-state index in [1.807, 2.05) is 0 Å². The van der Waals surface area contributed by atoms with Gasteiger partial charge in [0.25, 0.3) is 0 Å². The number of amides is 1. The molecule has 1 amide bonds. The van der Waals surface area contributed by atoms with Crippen LogP contribution in [0.15, 0.2) is 27.6 Å². The maximum absolute atomic E-state index is 12.9. The van der Waals surface area contributed by atoms with Gasteiger partial charge in [0.1, 0.15) is 22.1 Å². The van der Waals surface area contributed by atoms with Gasteiger partial charge in [0.15, 0.2) is 5.76 Å². The second kappa shape index (κ2) is 8.42. The SMILES string of the molecule is COc1ccc(CC(=O)N2CCN(S(=O)(=O)c3c(C)noc3C)CC2)c(OC)c1. The molecule has 1 aromatic carbocycles. The first kappa shape index (κ1) is 21.1. The summed E-state index contributed by atoms with van der Waals surface area (Å²) < 4.78 is 42.7. The third-order valence-corrected chi connectivity index (χ3v) is 7.14. The van der Waals surface area contributed by atoms with Crippen LogP contribution in [0.5, 0.6) is 11.5 Å².